The minimum absolute atomic E-state index is 0.0379. The average Bonchev–Trinajstić information content (AvgIpc) is 2.53. The molecule has 2 fully saturated rings. The third-order valence-corrected chi connectivity index (χ3v) is 4.02. The summed E-state index contributed by atoms with van der Waals surface area (Å²) >= 11 is 0. The van der Waals surface area contributed by atoms with Crippen LogP contribution in [-0.4, -0.2) is 53.3 Å². The van der Waals surface area contributed by atoms with Crippen LogP contribution in [0.4, 0.5) is 4.79 Å². The van der Waals surface area contributed by atoms with Gasteiger partial charge < -0.3 is 10.2 Å². The van der Waals surface area contributed by atoms with Gasteiger partial charge in [-0.1, -0.05) is 20.8 Å². The number of piperidine rings is 1. The molecule has 2 rings (SSSR count). The van der Waals surface area contributed by atoms with E-state index in [4.69, 9.17) is 0 Å². The number of carbonyl (C=O) groups excluding carboxylic acids is 3. The van der Waals surface area contributed by atoms with E-state index >= 15 is 0 Å². The SMILES string of the molecule is CN1C(=O)NC2(CCN(C(=O)CC(C)(C)C)CC2)C1=O. The molecule has 0 aliphatic carbocycles. The molecule has 112 valence electrons. The Morgan fingerprint density at radius 1 is 1.25 bits per heavy atom. The number of rotatable bonds is 1. The van der Waals surface area contributed by atoms with Gasteiger partial charge in [-0.25, -0.2) is 4.79 Å². The first-order chi connectivity index (χ1) is 9.15. The number of hydrogen-bond acceptors (Lipinski definition) is 3. The van der Waals surface area contributed by atoms with Crippen molar-refractivity contribution in [2.24, 2.45) is 5.41 Å². The van der Waals surface area contributed by atoms with Crippen molar-refractivity contribution >= 4 is 17.8 Å². The van der Waals surface area contributed by atoms with Crippen LogP contribution in [-0.2, 0) is 9.59 Å². The molecule has 6 heteroatoms. The normalized spacial score (nSPS) is 22.4. The van der Waals surface area contributed by atoms with Crippen molar-refractivity contribution in [1.82, 2.24) is 15.1 Å². The monoisotopic (exact) mass is 281 g/mol. The van der Waals surface area contributed by atoms with Crippen LogP contribution >= 0.6 is 0 Å². The highest BCUT2D eigenvalue weighted by atomic mass is 16.2. The van der Waals surface area contributed by atoms with Gasteiger partial charge in [0.2, 0.25) is 5.91 Å². The molecule has 1 N–H and O–H groups in total. The highest BCUT2D eigenvalue weighted by molar-refractivity contribution is 6.06. The molecule has 6 nitrogen and oxygen atoms in total. The van der Waals surface area contributed by atoms with Gasteiger partial charge in [0.05, 0.1) is 0 Å². The van der Waals surface area contributed by atoms with E-state index in [0.717, 1.165) is 4.90 Å². The molecule has 0 aromatic heterocycles. The van der Waals surface area contributed by atoms with Crippen molar-refractivity contribution in [2.75, 3.05) is 20.1 Å². The molecule has 0 bridgehead atoms. The number of carbonyl (C=O) groups is 3. The van der Waals surface area contributed by atoms with Crippen LogP contribution in [0.1, 0.15) is 40.0 Å². The van der Waals surface area contributed by atoms with Gasteiger partial charge in [-0.3, -0.25) is 14.5 Å². The maximum Gasteiger partial charge on any atom is 0.324 e. The Morgan fingerprint density at radius 3 is 2.20 bits per heavy atom. The lowest BCUT2D eigenvalue weighted by Crippen LogP contribution is -2.56. The highest BCUT2D eigenvalue weighted by Crippen LogP contribution is 2.30. The third kappa shape index (κ3) is 2.64. The molecule has 4 amide bonds. The third-order valence-electron chi connectivity index (χ3n) is 4.02. The lowest BCUT2D eigenvalue weighted by Gasteiger charge is -2.38. The number of urea groups is 1. The Labute approximate surface area is 119 Å². The molecule has 0 atom stereocenters. The smallest absolute Gasteiger partial charge is 0.324 e. The minimum atomic E-state index is -0.787. The number of imide groups is 1. The van der Waals surface area contributed by atoms with E-state index in [9.17, 15) is 14.4 Å². The minimum Gasteiger partial charge on any atom is -0.342 e. The van der Waals surface area contributed by atoms with E-state index in [1.165, 1.54) is 7.05 Å². The second-order valence-electron chi connectivity index (χ2n) is 6.99. The zero-order valence-electron chi connectivity index (χ0n) is 12.7. The molecule has 0 aromatic rings. The Balaban J connectivity index is 1.98. The number of likely N-dealkylation sites (N-methyl/N-ethyl adjacent to an activating group) is 1. The summed E-state index contributed by atoms with van der Waals surface area (Å²) < 4.78 is 0. The summed E-state index contributed by atoms with van der Waals surface area (Å²) in [6, 6.07) is -0.343. The quantitative estimate of drug-likeness (QED) is 0.728. The van der Waals surface area contributed by atoms with Crippen LogP contribution in [0.25, 0.3) is 0 Å². The Hall–Kier alpha value is -1.59. The topological polar surface area (TPSA) is 69.7 Å². The average molecular weight is 281 g/mol. The molecule has 2 aliphatic rings. The molecule has 1 spiro atoms. The van der Waals surface area contributed by atoms with E-state index in [1.807, 2.05) is 20.8 Å². The van der Waals surface area contributed by atoms with Crippen LogP contribution in [0.5, 0.6) is 0 Å². The summed E-state index contributed by atoms with van der Waals surface area (Å²) in [5.41, 5.74) is -0.825. The molecule has 20 heavy (non-hydrogen) atoms. The lowest BCUT2D eigenvalue weighted by molar-refractivity contribution is -0.139. The summed E-state index contributed by atoms with van der Waals surface area (Å²) in [7, 11) is 1.49. The fourth-order valence-electron chi connectivity index (χ4n) is 2.80. The molecular weight excluding hydrogens is 258 g/mol. The maximum absolute atomic E-state index is 12.2. The van der Waals surface area contributed by atoms with Gasteiger partial charge in [0, 0.05) is 26.6 Å². The van der Waals surface area contributed by atoms with Gasteiger partial charge in [0.1, 0.15) is 5.54 Å². The Kier molecular flexibility index (Phi) is 3.52. The van der Waals surface area contributed by atoms with Gasteiger partial charge >= 0.3 is 6.03 Å². The standard InChI is InChI=1S/C14H23N3O3/c1-13(2,3)9-10(18)17-7-5-14(6-8-17)11(19)16(4)12(20)15-14/h5-9H2,1-4H3,(H,15,20). The summed E-state index contributed by atoms with van der Waals surface area (Å²) in [6.45, 7) is 7.15. The molecule has 0 radical (unpaired) electrons. The Morgan fingerprint density at radius 2 is 1.80 bits per heavy atom. The summed E-state index contributed by atoms with van der Waals surface area (Å²) in [4.78, 5) is 38.8. The second kappa shape index (κ2) is 4.75. The number of amides is 4. The van der Waals surface area contributed by atoms with Crippen molar-refractivity contribution in [3.8, 4) is 0 Å². The van der Waals surface area contributed by atoms with E-state index < -0.39 is 5.54 Å². The zero-order chi connectivity index (χ0) is 15.1. The number of nitrogens with one attached hydrogen (secondary N) is 1. The number of likely N-dealkylation sites (tertiary alicyclic amines) is 1. The molecule has 2 aliphatic heterocycles. The van der Waals surface area contributed by atoms with Crippen molar-refractivity contribution in [3.05, 3.63) is 0 Å². The van der Waals surface area contributed by atoms with Crippen LogP contribution < -0.4 is 5.32 Å². The van der Waals surface area contributed by atoms with Crippen LogP contribution in [0.15, 0.2) is 0 Å². The summed E-state index contributed by atoms with van der Waals surface area (Å²) in [6.07, 6.45) is 1.50. The molecule has 0 aromatic carbocycles. The van der Waals surface area contributed by atoms with Crippen LogP contribution in [0, 0.1) is 5.41 Å². The predicted octanol–water partition coefficient (Wildman–Crippen LogP) is 0.965. The van der Waals surface area contributed by atoms with Gasteiger partial charge in [-0.2, -0.15) is 0 Å². The Bertz CT molecular complexity index is 445. The van der Waals surface area contributed by atoms with Crippen molar-refractivity contribution in [2.45, 2.75) is 45.6 Å². The molecular formula is C14H23N3O3. The largest absolute Gasteiger partial charge is 0.342 e. The first-order valence-electron chi connectivity index (χ1n) is 7.03. The fourth-order valence-corrected chi connectivity index (χ4v) is 2.80. The van der Waals surface area contributed by atoms with Gasteiger partial charge in [0.15, 0.2) is 0 Å². The van der Waals surface area contributed by atoms with E-state index in [-0.39, 0.29) is 23.3 Å². The first kappa shape index (κ1) is 14.8. The predicted molar refractivity (Wildman–Crippen MR) is 73.9 cm³/mol. The molecule has 2 saturated heterocycles. The van der Waals surface area contributed by atoms with E-state index in [0.29, 0.717) is 32.4 Å². The van der Waals surface area contributed by atoms with Crippen molar-refractivity contribution in [1.29, 1.82) is 0 Å². The second-order valence-corrected chi connectivity index (χ2v) is 6.99. The molecule has 0 saturated carbocycles. The first-order valence-corrected chi connectivity index (χ1v) is 7.03. The van der Waals surface area contributed by atoms with Gasteiger partial charge in [-0.15, -0.1) is 0 Å². The van der Waals surface area contributed by atoms with Crippen molar-refractivity contribution in [3.63, 3.8) is 0 Å². The van der Waals surface area contributed by atoms with Crippen LogP contribution in [0.2, 0.25) is 0 Å². The van der Waals surface area contributed by atoms with Crippen molar-refractivity contribution < 1.29 is 14.4 Å². The van der Waals surface area contributed by atoms with Crippen LogP contribution in [0.3, 0.4) is 0 Å². The fraction of sp³-hybridized carbons (Fsp3) is 0.786. The number of nitrogens with zero attached hydrogens (tertiary/aromatic N) is 2. The van der Waals surface area contributed by atoms with Gasteiger partial charge in [-0.05, 0) is 18.3 Å². The molecule has 0 unspecified atom stereocenters. The van der Waals surface area contributed by atoms with Gasteiger partial charge in [0.25, 0.3) is 5.91 Å². The lowest BCUT2D eigenvalue weighted by atomic mass is 9.86. The van der Waals surface area contributed by atoms with E-state index in [1.54, 1.807) is 4.90 Å². The molecule has 2 heterocycles. The maximum atomic E-state index is 12.2. The summed E-state index contributed by atoms with van der Waals surface area (Å²) in [5.74, 6) is -0.0529. The van der Waals surface area contributed by atoms with E-state index in [2.05, 4.69) is 5.32 Å². The summed E-state index contributed by atoms with van der Waals surface area (Å²) in [5, 5.41) is 2.78. The number of hydrogen-bond donors (Lipinski definition) is 1. The zero-order valence-corrected chi connectivity index (χ0v) is 12.7. The highest BCUT2D eigenvalue weighted by Gasteiger charge is 2.51.